The van der Waals surface area contributed by atoms with E-state index in [1.807, 2.05) is 39.9 Å². The third-order valence-corrected chi connectivity index (χ3v) is 7.07. The van der Waals surface area contributed by atoms with E-state index in [-0.39, 0.29) is 11.8 Å². The molecule has 5 rings (SSSR count). The van der Waals surface area contributed by atoms with Crippen LogP contribution in [0.25, 0.3) is 5.65 Å². The van der Waals surface area contributed by atoms with E-state index in [2.05, 4.69) is 14.8 Å². The number of pyridine rings is 1. The maximum atomic E-state index is 12.9. The van der Waals surface area contributed by atoms with Crippen molar-refractivity contribution in [1.29, 1.82) is 0 Å². The molecular formula is C23H31N5O2. The van der Waals surface area contributed by atoms with Gasteiger partial charge in [-0.15, -0.1) is 0 Å². The van der Waals surface area contributed by atoms with Gasteiger partial charge in [0.15, 0.2) is 0 Å². The summed E-state index contributed by atoms with van der Waals surface area (Å²) >= 11 is 0. The number of hydrogen-bond acceptors (Lipinski definition) is 4. The van der Waals surface area contributed by atoms with Crippen LogP contribution >= 0.6 is 0 Å². The molecule has 0 unspecified atom stereocenters. The van der Waals surface area contributed by atoms with Gasteiger partial charge in [-0.25, -0.2) is 4.98 Å². The normalized spacial score (nSPS) is 23.9. The molecule has 2 aromatic rings. The minimum atomic E-state index is 0.0258. The first-order valence-electron chi connectivity index (χ1n) is 11.4. The topological polar surface area (TPSA) is 61.2 Å². The second kappa shape index (κ2) is 8.38. The fourth-order valence-electron chi connectivity index (χ4n) is 5.37. The third-order valence-electron chi connectivity index (χ3n) is 7.07. The lowest BCUT2D eigenvalue weighted by molar-refractivity contribution is -0.136. The molecule has 3 aliphatic heterocycles. The molecular weight excluding hydrogens is 378 g/mol. The van der Waals surface area contributed by atoms with Crippen molar-refractivity contribution in [1.82, 2.24) is 24.1 Å². The van der Waals surface area contributed by atoms with Gasteiger partial charge in [0, 0.05) is 51.2 Å². The summed E-state index contributed by atoms with van der Waals surface area (Å²) in [5.41, 5.74) is 1.33. The number of piperidine rings is 2. The number of fused-ring (bicyclic) bond motifs is 1. The van der Waals surface area contributed by atoms with Gasteiger partial charge in [0.25, 0.3) is 5.91 Å². The molecule has 7 heteroatoms. The van der Waals surface area contributed by atoms with Crippen molar-refractivity contribution in [2.24, 2.45) is 5.92 Å². The summed E-state index contributed by atoms with van der Waals surface area (Å²) in [5, 5.41) is 0. The molecule has 7 nitrogen and oxygen atoms in total. The van der Waals surface area contributed by atoms with Crippen LogP contribution in [-0.4, -0.2) is 81.2 Å². The number of nitrogens with zero attached hydrogens (tertiary/aromatic N) is 5. The number of carbonyl (C=O) groups excluding carboxylic acids is 2. The van der Waals surface area contributed by atoms with E-state index in [1.54, 1.807) is 0 Å². The van der Waals surface area contributed by atoms with Gasteiger partial charge in [0.05, 0.1) is 5.92 Å². The van der Waals surface area contributed by atoms with Crippen LogP contribution in [0.4, 0.5) is 0 Å². The zero-order valence-corrected chi connectivity index (χ0v) is 17.6. The lowest BCUT2D eigenvalue weighted by Crippen LogP contribution is -2.51. The molecule has 2 amide bonds. The highest BCUT2D eigenvalue weighted by Crippen LogP contribution is 2.26. The summed E-state index contributed by atoms with van der Waals surface area (Å²) in [6, 6.07) is 6.26. The van der Waals surface area contributed by atoms with Gasteiger partial charge in [-0.3, -0.25) is 14.5 Å². The Morgan fingerprint density at radius 1 is 0.900 bits per heavy atom. The Kier molecular flexibility index (Phi) is 5.46. The largest absolute Gasteiger partial charge is 0.342 e. The first-order valence-corrected chi connectivity index (χ1v) is 11.4. The average molecular weight is 410 g/mol. The predicted molar refractivity (Wildman–Crippen MR) is 114 cm³/mol. The number of imidazole rings is 1. The lowest BCUT2D eigenvalue weighted by atomic mass is 9.93. The van der Waals surface area contributed by atoms with Crippen molar-refractivity contribution in [3.63, 3.8) is 0 Å². The van der Waals surface area contributed by atoms with Crippen molar-refractivity contribution in [2.45, 2.75) is 44.6 Å². The summed E-state index contributed by atoms with van der Waals surface area (Å²) in [7, 11) is 0. The summed E-state index contributed by atoms with van der Waals surface area (Å²) in [6.45, 7) is 5.38. The number of hydrogen-bond donors (Lipinski definition) is 0. The van der Waals surface area contributed by atoms with Crippen LogP contribution in [0.3, 0.4) is 0 Å². The Balaban J connectivity index is 1.17. The fourth-order valence-corrected chi connectivity index (χ4v) is 5.37. The maximum Gasteiger partial charge on any atom is 0.274 e. The highest BCUT2D eigenvalue weighted by molar-refractivity contribution is 5.93. The summed E-state index contributed by atoms with van der Waals surface area (Å²) in [5.74, 6) is 0.559. The van der Waals surface area contributed by atoms with Gasteiger partial charge in [-0.1, -0.05) is 6.07 Å². The van der Waals surface area contributed by atoms with Crippen LogP contribution in [0, 0.1) is 5.92 Å². The van der Waals surface area contributed by atoms with E-state index in [1.165, 1.54) is 0 Å². The first kappa shape index (κ1) is 19.5. The molecule has 0 N–H and O–H groups in total. The summed E-state index contributed by atoms with van der Waals surface area (Å²) in [4.78, 5) is 36.8. The van der Waals surface area contributed by atoms with Gasteiger partial charge in [-0.05, 0) is 57.2 Å². The van der Waals surface area contributed by atoms with Gasteiger partial charge in [-0.2, -0.15) is 0 Å². The lowest BCUT2D eigenvalue weighted by Gasteiger charge is -2.42. The third kappa shape index (κ3) is 3.83. The van der Waals surface area contributed by atoms with E-state index in [9.17, 15) is 9.59 Å². The molecule has 1 atom stereocenters. The van der Waals surface area contributed by atoms with Gasteiger partial charge in [0.1, 0.15) is 11.3 Å². The molecule has 3 aliphatic rings. The van der Waals surface area contributed by atoms with Crippen LogP contribution in [0.5, 0.6) is 0 Å². The number of likely N-dealkylation sites (tertiary alicyclic amines) is 3. The molecule has 0 saturated carbocycles. The average Bonchev–Trinajstić information content (AvgIpc) is 3.48. The molecule has 0 spiro atoms. The number of carbonyl (C=O) groups is 2. The van der Waals surface area contributed by atoms with Crippen LogP contribution in [0.15, 0.2) is 30.6 Å². The fraction of sp³-hybridized carbons (Fsp3) is 0.609. The Hall–Kier alpha value is -2.41. The highest BCUT2D eigenvalue weighted by atomic mass is 16.2. The van der Waals surface area contributed by atoms with Crippen LogP contribution < -0.4 is 0 Å². The van der Waals surface area contributed by atoms with Crippen molar-refractivity contribution < 1.29 is 9.59 Å². The zero-order valence-electron chi connectivity index (χ0n) is 17.6. The van der Waals surface area contributed by atoms with Gasteiger partial charge < -0.3 is 14.2 Å². The van der Waals surface area contributed by atoms with E-state index >= 15 is 0 Å². The van der Waals surface area contributed by atoms with Crippen LogP contribution in [-0.2, 0) is 4.79 Å². The molecule has 5 heterocycles. The van der Waals surface area contributed by atoms with E-state index in [0.717, 1.165) is 83.4 Å². The molecule has 0 aromatic carbocycles. The first-order chi connectivity index (χ1) is 14.7. The monoisotopic (exact) mass is 409 g/mol. The summed E-state index contributed by atoms with van der Waals surface area (Å²) in [6.07, 6.45) is 10.1. The smallest absolute Gasteiger partial charge is 0.274 e. The Morgan fingerprint density at radius 3 is 2.47 bits per heavy atom. The molecule has 160 valence electrons. The van der Waals surface area contributed by atoms with Gasteiger partial charge in [0.2, 0.25) is 5.91 Å². The SMILES string of the molecule is O=C(c1cn2ccccc2n1)N1CCC(N2CCC[C@@H](C(=O)N3CCCC3)C2)CC1. The van der Waals surface area contributed by atoms with Crippen molar-refractivity contribution in [3.05, 3.63) is 36.3 Å². The van der Waals surface area contributed by atoms with Crippen LogP contribution in [0.1, 0.15) is 49.0 Å². The Labute approximate surface area is 177 Å². The quantitative estimate of drug-likeness (QED) is 0.780. The standard InChI is InChI=1S/C23H31N5O2/c29-22(25-10-3-4-11-25)18-6-5-13-27(16-18)19-8-14-26(15-9-19)23(30)20-17-28-12-2-1-7-21(28)24-20/h1-2,7,12,17-19H,3-6,8-11,13-16H2/t18-/m1/s1. The maximum absolute atomic E-state index is 12.9. The molecule has 3 fully saturated rings. The predicted octanol–water partition coefficient (Wildman–Crippen LogP) is 2.27. The number of rotatable bonds is 3. The van der Waals surface area contributed by atoms with Crippen molar-refractivity contribution >= 4 is 17.5 Å². The van der Waals surface area contributed by atoms with E-state index in [4.69, 9.17) is 0 Å². The molecule has 30 heavy (non-hydrogen) atoms. The van der Waals surface area contributed by atoms with E-state index < -0.39 is 0 Å². The van der Waals surface area contributed by atoms with Gasteiger partial charge >= 0.3 is 0 Å². The summed E-state index contributed by atoms with van der Waals surface area (Å²) < 4.78 is 1.89. The zero-order chi connectivity index (χ0) is 20.5. The molecule has 3 saturated heterocycles. The van der Waals surface area contributed by atoms with Crippen molar-refractivity contribution in [2.75, 3.05) is 39.3 Å². The minimum absolute atomic E-state index is 0.0258. The van der Waals surface area contributed by atoms with E-state index in [0.29, 0.717) is 17.6 Å². The van der Waals surface area contributed by atoms with Crippen LogP contribution in [0.2, 0.25) is 0 Å². The number of amides is 2. The Bertz CT molecular complexity index is 878. The molecule has 0 bridgehead atoms. The minimum Gasteiger partial charge on any atom is -0.342 e. The van der Waals surface area contributed by atoms with Crippen molar-refractivity contribution in [3.8, 4) is 0 Å². The molecule has 0 aliphatic carbocycles. The Morgan fingerprint density at radius 2 is 1.70 bits per heavy atom. The highest BCUT2D eigenvalue weighted by Gasteiger charge is 2.35. The second-order valence-electron chi connectivity index (χ2n) is 8.98. The second-order valence-corrected chi connectivity index (χ2v) is 8.98. The number of aromatic nitrogens is 2. The molecule has 2 aromatic heterocycles. The molecule has 0 radical (unpaired) electrons.